The van der Waals surface area contributed by atoms with Gasteiger partial charge in [0.1, 0.15) is 12.6 Å². The fraction of sp³-hybridized carbons (Fsp3) is 0.462. The number of carbonyl (C=O) groups excluding carboxylic acids is 2. The lowest BCUT2D eigenvalue weighted by molar-refractivity contribution is -0.139. The fourth-order valence-electron chi connectivity index (χ4n) is 4.36. The Labute approximate surface area is 234 Å². The third kappa shape index (κ3) is 7.76. The van der Waals surface area contributed by atoms with Crippen LogP contribution in [-0.2, 0) is 26.2 Å². The van der Waals surface area contributed by atoms with Crippen molar-refractivity contribution in [3.63, 3.8) is 0 Å². The second kappa shape index (κ2) is 12.7. The van der Waals surface area contributed by atoms with Crippen LogP contribution >= 0.6 is 34.8 Å². The summed E-state index contributed by atoms with van der Waals surface area (Å²) < 4.78 is 26.4. The van der Waals surface area contributed by atoms with Crippen LogP contribution in [0.3, 0.4) is 0 Å². The number of hydrogen-bond acceptors (Lipinski definition) is 4. The van der Waals surface area contributed by atoms with Crippen molar-refractivity contribution in [1.82, 2.24) is 10.2 Å². The van der Waals surface area contributed by atoms with Gasteiger partial charge in [-0.05, 0) is 56.5 Å². The number of anilines is 1. The molecular weight excluding hydrogens is 557 g/mol. The molecule has 1 atom stereocenters. The van der Waals surface area contributed by atoms with E-state index < -0.39 is 28.5 Å². The Balaban J connectivity index is 1.93. The molecule has 1 fully saturated rings. The van der Waals surface area contributed by atoms with Crippen molar-refractivity contribution in [2.75, 3.05) is 17.1 Å². The Hall–Kier alpha value is -2.00. The van der Waals surface area contributed by atoms with Crippen molar-refractivity contribution >= 4 is 62.3 Å². The van der Waals surface area contributed by atoms with Gasteiger partial charge in [-0.2, -0.15) is 0 Å². The molecule has 2 aromatic rings. The molecule has 0 saturated heterocycles. The first kappa shape index (κ1) is 29.6. The fourth-order valence-corrected chi connectivity index (χ4v) is 5.89. The second-order valence-corrected chi connectivity index (χ2v) is 12.6. The quantitative estimate of drug-likeness (QED) is 0.414. The van der Waals surface area contributed by atoms with E-state index in [2.05, 4.69) is 5.32 Å². The number of aryl methyl sites for hydroxylation is 1. The number of hydrogen-bond donors (Lipinski definition) is 1. The molecule has 0 spiro atoms. The zero-order valence-corrected chi connectivity index (χ0v) is 24.2. The van der Waals surface area contributed by atoms with Crippen LogP contribution in [0.1, 0.15) is 50.2 Å². The average Bonchev–Trinajstić information content (AvgIpc) is 2.83. The molecule has 1 N–H and O–H groups in total. The minimum Gasteiger partial charge on any atom is -0.352 e. The van der Waals surface area contributed by atoms with E-state index in [1.54, 1.807) is 44.2 Å². The molecule has 0 bridgehead atoms. The summed E-state index contributed by atoms with van der Waals surface area (Å²) in [7, 11) is -3.86. The maximum absolute atomic E-state index is 13.7. The maximum atomic E-state index is 13.7. The van der Waals surface area contributed by atoms with Crippen LogP contribution in [0, 0.1) is 6.92 Å². The third-order valence-corrected chi connectivity index (χ3v) is 8.89. The van der Waals surface area contributed by atoms with Crippen molar-refractivity contribution in [3.8, 4) is 0 Å². The standard InChI is InChI=1S/C26H32Cl3N3O4S/c1-17-12-13-20(14-24(17)29)32(37(3,35)36)16-25(33)31(15-21-22(27)10-7-11-23(21)28)18(2)26(34)30-19-8-5-4-6-9-19/h7,10-14,18-19H,4-6,8-9,15-16H2,1-3H3,(H,30,34)/t18-/m0/s1. The number of benzene rings is 2. The van der Waals surface area contributed by atoms with E-state index in [1.165, 1.54) is 11.0 Å². The smallest absolute Gasteiger partial charge is 0.244 e. The Bertz CT molecular complexity index is 1230. The van der Waals surface area contributed by atoms with Crippen LogP contribution in [0.4, 0.5) is 5.69 Å². The lowest BCUT2D eigenvalue weighted by Crippen LogP contribution is -2.53. The lowest BCUT2D eigenvalue weighted by Gasteiger charge is -2.33. The van der Waals surface area contributed by atoms with Crippen LogP contribution in [0.15, 0.2) is 36.4 Å². The first-order valence-electron chi connectivity index (χ1n) is 12.1. The van der Waals surface area contributed by atoms with Gasteiger partial charge in [0.15, 0.2) is 0 Å². The Morgan fingerprint density at radius 3 is 2.22 bits per heavy atom. The first-order chi connectivity index (χ1) is 17.4. The predicted molar refractivity (Wildman–Crippen MR) is 150 cm³/mol. The van der Waals surface area contributed by atoms with Gasteiger partial charge >= 0.3 is 0 Å². The van der Waals surface area contributed by atoms with E-state index in [0.29, 0.717) is 20.6 Å². The van der Waals surface area contributed by atoms with E-state index in [1.807, 2.05) is 0 Å². The average molecular weight is 589 g/mol. The minimum atomic E-state index is -3.86. The number of rotatable bonds is 9. The van der Waals surface area contributed by atoms with Gasteiger partial charge in [0.2, 0.25) is 21.8 Å². The number of nitrogens with one attached hydrogen (secondary N) is 1. The molecule has 7 nitrogen and oxygen atoms in total. The first-order valence-corrected chi connectivity index (χ1v) is 15.1. The van der Waals surface area contributed by atoms with Gasteiger partial charge in [-0.1, -0.05) is 66.2 Å². The summed E-state index contributed by atoms with van der Waals surface area (Å²) in [5, 5.41) is 4.11. The zero-order valence-electron chi connectivity index (χ0n) is 21.1. The molecule has 37 heavy (non-hydrogen) atoms. The van der Waals surface area contributed by atoms with E-state index in [-0.39, 0.29) is 24.2 Å². The van der Waals surface area contributed by atoms with Crippen LogP contribution in [-0.4, -0.2) is 50.0 Å². The molecule has 11 heteroatoms. The molecule has 3 rings (SSSR count). The van der Waals surface area contributed by atoms with Crippen LogP contribution in [0.5, 0.6) is 0 Å². The van der Waals surface area contributed by atoms with E-state index in [0.717, 1.165) is 48.2 Å². The number of nitrogens with zero attached hydrogens (tertiary/aromatic N) is 2. The third-order valence-electron chi connectivity index (χ3n) is 6.63. The van der Waals surface area contributed by atoms with E-state index in [4.69, 9.17) is 34.8 Å². The summed E-state index contributed by atoms with van der Waals surface area (Å²) in [5.41, 5.74) is 1.50. The molecule has 1 aliphatic rings. The topological polar surface area (TPSA) is 86.8 Å². The maximum Gasteiger partial charge on any atom is 0.244 e. The van der Waals surface area contributed by atoms with Gasteiger partial charge in [0, 0.05) is 33.2 Å². The normalized spacial score (nSPS) is 15.2. The molecule has 1 saturated carbocycles. The lowest BCUT2D eigenvalue weighted by atomic mass is 9.95. The molecule has 0 aliphatic heterocycles. The SMILES string of the molecule is Cc1ccc(N(CC(=O)N(Cc2c(Cl)cccc2Cl)[C@@H](C)C(=O)NC2CCCCC2)S(C)(=O)=O)cc1Cl. The van der Waals surface area contributed by atoms with Crippen molar-refractivity contribution < 1.29 is 18.0 Å². The highest BCUT2D eigenvalue weighted by atomic mass is 35.5. The van der Waals surface area contributed by atoms with Crippen molar-refractivity contribution in [2.24, 2.45) is 0 Å². The number of halogens is 3. The van der Waals surface area contributed by atoms with Crippen LogP contribution < -0.4 is 9.62 Å². The number of carbonyl (C=O) groups is 2. The highest BCUT2D eigenvalue weighted by molar-refractivity contribution is 7.92. The number of sulfonamides is 1. The summed E-state index contributed by atoms with van der Waals surface area (Å²) in [4.78, 5) is 28.3. The molecule has 2 amide bonds. The predicted octanol–water partition coefficient (Wildman–Crippen LogP) is 5.59. The summed E-state index contributed by atoms with van der Waals surface area (Å²) >= 11 is 19.0. The second-order valence-electron chi connectivity index (χ2n) is 9.44. The summed E-state index contributed by atoms with van der Waals surface area (Å²) in [6.07, 6.45) is 6.02. The van der Waals surface area contributed by atoms with Crippen molar-refractivity contribution in [3.05, 3.63) is 62.6 Å². The molecule has 0 aromatic heterocycles. The molecule has 2 aromatic carbocycles. The van der Waals surface area contributed by atoms with Crippen molar-refractivity contribution in [2.45, 2.75) is 64.6 Å². The van der Waals surface area contributed by atoms with Gasteiger partial charge < -0.3 is 10.2 Å². The van der Waals surface area contributed by atoms with Gasteiger partial charge in [0.25, 0.3) is 0 Å². The molecule has 0 unspecified atom stereocenters. The highest BCUT2D eigenvalue weighted by Crippen LogP contribution is 2.28. The monoisotopic (exact) mass is 587 g/mol. The van der Waals surface area contributed by atoms with Crippen LogP contribution in [0.2, 0.25) is 15.1 Å². The van der Waals surface area contributed by atoms with Crippen LogP contribution in [0.25, 0.3) is 0 Å². The van der Waals surface area contributed by atoms with E-state index in [9.17, 15) is 18.0 Å². The Morgan fingerprint density at radius 1 is 1.03 bits per heavy atom. The zero-order chi connectivity index (χ0) is 27.3. The molecule has 0 heterocycles. The summed E-state index contributed by atoms with van der Waals surface area (Å²) in [6.45, 7) is 2.82. The molecule has 1 aliphatic carbocycles. The van der Waals surface area contributed by atoms with Gasteiger partial charge in [-0.3, -0.25) is 13.9 Å². The highest BCUT2D eigenvalue weighted by Gasteiger charge is 2.32. The Morgan fingerprint density at radius 2 is 1.65 bits per heavy atom. The van der Waals surface area contributed by atoms with Gasteiger partial charge in [-0.25, -0.2) is 8.42 Å². The van der Waals surface area contributed by atoms with E-state index >= 15 is 0 Å². The molecule has 0 radical (unpaired) electrons. The van der Waals surface area contributed by atoms with Crippen molar-refractivity contribution in [1.29, 1.82) is 0 Å². The summed E-state index contributed by atoms with van der Waals surface area (Å²) in [5.74, 6) is -0.892. The van der Waals surface area contributed by atoms with Gasteiger partial charge in [-0.15, -0.1) is 0 Å². The Kier molecular flexibility index (Phi) is 10.1. The minimum absolute atomic E-state index is 0.0479. The summed E-state index contributed by atoms with van der Waals surface area (Å²) in [6, 6.07) is 8.90. The molecule has 202 valence electrons. The van der Waals surface area contributed by atoms with Gasteiger partial charge in [0.05, 0.1) is 11.9 Å². The molecular formula is C26H32Cl3N3O4S. The number of amides is 2. The largest absolute Gasteiger partial charge is 0.352 e.